The number of imide groups is 1. The summed E-state index contributed by atoms with van der Waals surface area (Å²) in [6.45, 7) is 2.17. The number of fused-ring (bicyclic) bond motifs is 1. The first-order valence-electron chi connectivity index (χ1n) is 8.10. The second kappa shape index (κ2) is 23.1. The summed E-state index contributed by atoms with van der Waals surface area (Å²) in [7, 11) is 3.28. The Morgan fingerprint density at radius 2 is 1.33 bits per heavy atom. The van der Waals surface area contributed by atoms with Crippen LogP contribution in [0.5, 0.6) is 0 Å². The number of carboxylic acid groups (broad SMARTS) is 2. The standard InChI is InChI=1S/C6H5N3O.C4H5NO3.C2H7NO.2C2H4O2.3CH4/c10-9-6-4-2-1-3-5(6)7-8-9;6-3-1-2-4(7)5(3)8;1-3-4-2;2*1-2(3)4;;;/h1-4,10H;8H,1-2H2;3H,1-2H3;2*1H3,(H,3,4);3*1H4. The van der Waals surface area contributed by atoms with Crippen molar-refractivity contribution in [3.8, 4) is 0 Å². The molecule has 0 spiro atoms. The Hall–Kier alpha value is -3.62. The van der Waals surface area contributed by atoms with E-state index in [0.717, 1.165) is 18.7 Å². The third kappa shape index (κ3) is 21.4. The van der Waals surface area contributed by atoms with Gasteiger partial charge in [-0.15, -0.1) is 5.10 Å². The van der Waals surface area contributed by atoms with Crippen LogP contribution in [0.3, 0.4) is 0 Å². The average Bonchev–Trinajstić information content (AvgIpc) is 3.19. The van der Waals surface area contributed by atoms with Gasteiger partial charge < -0.3 is 20.3 Å². The molecule has 1 aliphatic heterocycles. The number of aliphatic carboxylic acids is 2. The maximum Gasteiger partial charge on any atom is 0.300 e. The number of hydrogen-bond donors (Lipinski definition) is 5. The van der Waals surface area contributed by atoms with Gasteiger partial charge in [-0.3, -0.25) is 24.4 Å². The summed E-state index contributed by atoms with van der Waals surface area (Å²) in [6, 6.07) is 7.19. The molecule has 2 amide bonds. The minimum atomic E-state index is -0.833. The molecule has 0 saturated carbocycles. The number of para-hydroxylation sites is 1. The third-order valence-electron chi connectivity index (χ3n) is 2.56. The van der Waals surface area contributed by atoms with Crippen molar-refractivity contribution in [2.75, 3.05) is 14.2 Å². The molecule has 1 saturated heterocycles. The number of amides is 2. The fourth-order valence-electron chi connectivity index (χ4n) is 1.42. The number of carbonyl (C=O) groups excluding carboxylic acids is 2. The van der Waals surface area contributed by atoms with Gasteiger partial charge in [0.25, 0.3) is 23.8 Å². The molecule has 3 rings (SSSR count). The van der Waals surface area contributed by atoms with Gasteiger partial charge in [0.05, 0.1) is 7.11 Å². The summed E-state index contributed by atoms with van der Waals surface area (Å²) in [4.78, 5) is 43.5. The quantitative estimate of drug-likeness (QED) is 0.172. The van der Waals surface area contributed by atoms with E-state index in [-0.39, 0.29) is 40.2 Å². The summed E-state index contributed by atoms with van der Waals surface area (Å²) in [5, 5.41) is 39.5. The lowest BCUT2D eigenvalue weighted by Crippen LogP contribution is -2.24. The van der Waals surface area contributed by atoms with E-state index in [2.05, 4.69) is 20.6 Å². The Kier molecular flexibility index (Phi) is 27.8. The molecule has 1 aromatic heterocycles. The Morgan fingerprint density at radius 1 is 0.970 bits per heavy atom. The number of nitrogens with one attached hydrogen (secondary N) is 1. The van der Waals surface area contributed by atoms with Gasteiger partial charge >= 0.3 is 0 Å². The van der Waals surface area contributed by atoms with Crippen LogP contribution in [0.15, 0.2) is 24.3 Å². The largest absolute Gasteiger partial charge is 0.481 e. The Morgan fingerprint density at radius 3 is 1.61 bits per heavy atom. The summed E-state index contributed by atoms with van der Waals surface area (Å²) < 4.78 is 0. The zero-order valence-electron chi connectivity index (χ0n) is 16.8. The zero-order chi connectivity index (χ0) is 23.7. The second-order valence-electron chi connectivity index (χ2n) is 5.01. The Balaban J connectivity index is -0.000000103. The molecule has 0 bridgehead atoms. The van der Waals surface area contributed by atoms with Gasteiger partial charge in [-0.25, -0.2) is 5.48 Å². The first-order chi connectivity index (χ1) is 14.0. The molecule has 0 unspecified atom stereocenters. The van der Waals surface area contributed by atoms with Crippen LogP contribution in [-0.4, -0.2) is 78.8 Å². The van der Waals surface area contributed by atoms with Crippen molar-refractivity contribution in [2.45, 2.75) is 49.0 Å². The lowest BCUT2D eigenvalue weighted by atomic mass is 10.3. The van der Waals surface area contributed by atoms with E-state index >= 15 is 0 Å². The molecule has 14 nitrogen and oxygen atoms in total. The van der Waals surface area contributed by atoms with Crippen molar-refractivity contribution in [3.63, 3.8) is 0 Å². The van der Waals surface area contributed by atoms with Crippen molar-refractivity contribution < 1.29 is 44.6 Å². The van der Waals surface area contributed by atoms with Gasteiger partial charge in [0.1, 0.15) is 11.0 Å². The number of benzene rings is 1. The van der Waals surface area contributed by atoms with E-state index in [0.29, 0.717) is 11.0 Å². The van der Waals surface area contributed by atoms with Crippen LogP contribution in [0.25, 0.3) is 11.0 Å². The number of rotatable bonds is 1. The summed E-state index contributed by atoms with van der Waals surface area (Å²) in [5.41, 5.74) is 3.76. The number of carboxylic acids is 2. The van der Waals surface area contributed by atoms with E-state index in [4.69, 9.17) is 30.2 Å². The highest BCUT2D eigenvalue weighted by Crippen LogP contribution is 2.07. The Labute approximate surface area is 193 Å². The van der Waals surface area contributed by atoms with E-state index in [1.807, 2.05) is 12.1 Å². The maximum atomic E-state index is 10.2. The van der Waals surface area contributed by atoms with Gasteiger partial charge in [-0.05, 0) is 17.3 Å². The van der Waals surface area contributed by atoms with Crippen LogP contribution in [0.4, 0.5) is 0 Å². The smallest absolute Gasteiger partial charge is 0.300 e. The van der Waals surface area contributed by atoms with Gasteiger partial charge in [0.15, 0.2) is 0 Å². The molecule has 0 atom stereocenters. The third-order valence-corrected chi connectivity index (χ3v) is 2.56. The van der Waals surface area contributed by atoms with Crippen molar-refractivity contribution in [1.29, 1.82) is 0 Å². The molecular formula is C19H37N5O9. The van der Waals surface area contributed by atoms with Crippen molar-refractivity contribution >= 4 is 34.8 Å². The van der Waals surface area contributed by atoms with Gasteiger partial charge in [0.2, 0.25) is 0 Å². The SMILES string of the molecule is C.C.C.CC(=O)O.CC(=O)O.CNOC.O=C1CCC(=O)N1O.On1nnc2ccccc21. The second-order valence-corrected chi connectivity index (χ2v) is 5.01. The molecule has 33 heavy (non-hydrogen) atoms. The van der Waals surface area contributed by atoms with Crippen LogP contribution in [-0.2, 0) is 24.0 Å². The summed E-state index contributed by atoms with van der Waals surface area (Å²) in [6.07, 6.45) is 0.296. The van der Waals surface area contributed by atoms with Crippen LogP contribution < -0.4 is 5.48 Å². The van der Waals surface area contributed by atoms with Crippen LogP contribution in [0, 0.1) is 0 Å². The highest BCUT2D eigenvalue weighted by Gasteiger charge is 2.26. The van der Waals surface area contributed by atoms with Gasteiger partial charge in [0, 0.05) is 33.7 Å². The molecule has 1 aromatic carbocycles. The highest BCUT2D eigenvalue weighted by atomic mass is 16.6. The predicted molar refractivity (Wildman–Crippen MR) is 120 cm³/mol. The number of hydrogen-bond acceptors (Lipinski definition) is 10. The van der Waals surface area contributed by atoms with Crippen molar-refractivity contribution in [2.24, 2.45) is 0 Å². The maximum absolute atomic E-state index is 10.2. The number of hydroxylamine groups is 3. The lowest BCUT2D eigenvalue weighted by Gasteiger charge is -1.98. The van der Waals surface area contributed by atoms with E-state index in [1.165, 1.54) is 0 Å². The number of nitrogens with zero attached hydrogens (tertiary/aromatic N) is 4. The molecule has 0 aliphatic carbocycles. The molecule has 192 valence electrons. The topological polar surface area (TPSA) is 204 Å². The fraction of sp³-hybridized carbons (Fsp3) is 0.474. The molecule has 14 heteroatoms. The lowest BCUT2D eigenvalue weighted by molar-refractivity contribution is -0.171. The average molecular weight is 480 g/mol. The van der Waals surface area contributed by atoms with Crippen molar-refractivity contribution in [1.82, 2.24) is 25.7 Å². The van der Waals surface area contributed by atoms with E-state index < -0.39 is 23.8 Å². The molecule has 5 N–H and O–H groups in total. The van der Waals surface area contributed by atoms with Crippen LogP contribution >= 0.6 is 0 Å². The van der Waals surface area contributed by atoms with Crippen molar-refractivity contribution in [3.05, 3.63) is 24.3 Å². The van der Waals surface area contributed by atoms with E-state index in [9.17, 15) is 9.59 Å². The molecule has 2 aromatic rings. The zero-order valence-corrected chi connectivity index (χ0v) is 16.8. The summed E-state index contributed by atoms with van der Waals surface area (Å²) in [5.74, 6) is -2.68. The van der Waals surface area contributed by atoms with Crippen LogP contribution in [0.1, 0.15) is 49.0 Å². The molecule has 2 heterocycles. The minimum Gasteiger partial charge on any atom is -0.481 e. The van der Waals surface area contributed by atoms with Gasteiger partial charge in [-0.2, -0.15) is 5.06 Å². The summed E-state index contributed by atoms with van der Waals surface area (Å²) >= 11 is 0. The fourth-order valence-corrected chi connectivity index (χ4v) is 1.42. The Bertz CT molecular complexity index is 774. The normalized spacial score (nSPS) is 10.5. The number of carbonyl (C=O) groups is 4. The number of aromatic nitrogens is 3. The monoisotopic (exact) mass is 479 g/mol. The first-order valence-corrected chi connectivity index (χ1v) is 8.10. The van der Waals surface area contributed by atoms with E-state index in [1.54, 1.807) is 26.3 Å². The molecular weight excluding hydrogens is 442 g/mol. The predicted octanol–water partition coefficient (Wildman–Crippen LogP) is 2.05. The minimum absolute atomic E-state index is 0. The van der Waals surface area contributed by atoms with Crippen LogP contribution in [0.2, 0.25) is 0 Å². The van der Waals surface area contributed by atoms with Gasteiger partial charge in [-0.1, -0.05) is 39.3 Å². The molecule has 1 aliphatic rings. The first kappa shape index (κ1) is 39.8. The molecule has 1 fully saturated rings. The molecule has 0 radical (unpaired) electrons. The highest BCUT2D eigenvalue weighted by molar-refractivity contribution is 6.00.